The third-order valence-electron chi connectivity index (χ3n) is 3.53. The Kier molecular flexibility index (Phi) is 5.49. The van der Waals surface area contributed by atoms with Crippen molar-refractivity contribution in [1.29, 1.82) is 0 Å². The van der Waals surface area contributed by atoms with Gasteiger partial charge in [-0.2, -0.15) is 10.1 Å². The van der Waals surface area contributed by atoms with Crippen LogP contribution in [0, 0.1) is 0 Å². The van der Waals surface area contributed by atoms with Gasteiger partial charge in [-0.05, 0) is 35.9 Å². The van der Waals surface area contributed by atoms with Gasteiger partial charge in [0.15, 0.2) is 0 Å². The van der Waals surface area contributed by atoms with E-state index in [4.69, 9.17) is 23.2 Å². The maximum atomic E-state index is 12.0. The van der Waals surface area contributed by atoms with Crippen LogP contribution in [0.3, 0.4) is 0 Å². The summed E-state index contributed by atoms with van der Waals surface area (Å²) in [6.07, 6.45) is 0. The van der Waals surface area contributed by atoms with Crippen LogP contribution in [-0.4, -0.2) is 11.1 Å². The van der Waals surface area contributed by atoms with Gasteiger partial charge in [0.25, 0.3) is 0 Å². The number of hydrazone groups is 1. The number of rotatable bonds is 4. The Balaban J connectivity index is 2.12. The van der Waals surface area contributed by atoms with Crippen LogP contribution in [0.1, 0.15) is 11.1 Å². The Hall–Kier alpha value is -2.62. The largest absolute Gasteiger partial charge is 0.341 e. The lowest BCUT2D eigenvalue weighted by atomic mass is 10.0. The van der Waals surface area contributed by atoms with E-state index in [1.54, 1.807) is 24.3 Å². The predicted molar refractivity (Wildman–Crippen MR) is 104 cm³/mol. The fraction of sp³-hybridized carbons (Fsp3) is 0. The standard InChI is InChI=1S/C20H14Cl2N2O/c21-17-11-13-18(14-12-17)24(20(22)25)23-19(15-7-3-1-4-8-15)16-9-5-2-6-10-16/h1-14H. The summed E-state index contributed by atoms with van der Waals surface area (Å²) in [7, 11) is 0. The smallest absolute Gasteiger partial charge is 0.253 e. The van der Waals surface area contributed by atoms with Crippen molar-refractivity contribution in [3.8, 4) is 0 Å². The summed E-state index contributed by atoms with van der Waals surface area (Å²) >= 11 is 11.7. The number of benzene rings is 3. The molecule has 0 atom stereocenters. The summed E-state index contributed by atoms with van der Waals surface area (Å²) in [5, 5.41) is 5.57. The average molecular weight is 369 g/mol. The molecule has 0 radical (unpaired) electrons. The highest BCUT2D eigenvalue weighted by Gasteiger charge is 2.16. The van der Waals surface area contributed by atoms with E-state index in [2.05, 4.69) is 5.10 Å². The molecular weight excluding hydrogens is 355 g/mol. The third kappa shape index (κ3) is 4.27. The molecule has 0 aliphatic carbocycles. The summed E-state index contributed by atoms with van der Waals surface area (Å²) in [4.78, 5) is 12.0. The Morgan fingerprint density at radius 3 is 1.68 bits per heavy atom. The van der Waals surface area contributed by atoms with Crippen molar-refractivity contribution in [2.24, 2.45) is 5.10 Å². The van der Waals surface area contributed by atoms with Crippen molar-refractivity contribution in [1.82, 2.24) is 0 Å². The first kappa shape index (κ1) is 17.2. The Morgan fingerprint density at radius 1 is 0.760 bits per heavy atom. The van der Waals surface area contributed by atoms with Gasteiger partial charge in [0, 0.05) is 16.1 Å². The molecular formula is C20H14Cl2N2O. The number of hydrogen-bond acceptors (Lipinski definition) is 2. The van der Waals surface area contributed by atoms with Crippen molar-refractivity contribution in [3.05, 3.63) is 101 Å². The van der Waals surface area contributed by atoms with Crippen LogP contribution in [-0.2, 0) is 0 Å². The predicted octanol–water partition coefficient (Wildman–Crippen LogP) is 5.96. The van der Waals surface area contributed by atoms with Crippen molar-refractivity contribution in [3.63, 3.8) is 0 Å². The van der Waals surface area contributed by atoms with Crippen LogP contribution in [0.2, 0.25) is 5.02 Å². The highest BCUT2D eigenvalue weighted by Crippen LogP contribution is 2.22. The minimum atomic E-state index is -0.702. The molecule has 0 aliphatic rings. The lowest BCUT2D eigenvalue weighted by Gasteiger charge is -2.17. The van der Waals surface area contributed by atoms with Crippen LogP contribution in [0.4, 0.5) is 10.5 Å². The van der Waals surface area contributed by atoms with Gasteiger partial charge < -0.3 is 0 Å². The van der Waals surface area contributed by atoms with Crippen LogP contribution in [0.15, 0.2) is 90.0 Å². The molecule has 0 N–H and O–H groups in total. The van der Waals surface area contributed by atoms with E-state index in [-0.39, 0.29) is 0 Å². The van der Waals surface area contributed by atoms with E-state index in [1.165, 1.54) is 0 Å². The second kappa shape index (κ2) is 7.97. The molecule has 5 heteroatoms. The number of carbonyl (C=O) groups is 1. The molecule has 0 heterocycles. The first-order chi connectivity index (χ1) is 12.1. The molecule has 0 saturated heterocycles. The molecule has 3 nitrogen and oxygen atoms in total. The van der Waals surface area contributed by atoms with E-state index < -0.39 is 5.37 Å². The maximum absolute atomic E-state index is 12.0. The molecule has 25 heavy (non-hydrogen) atoms. The van der Waals surface area contributed by atoms with E-state index in [1.807, 2.05) is 60.7 Å². The first-order valence-corrected chi connectivity index (χ1v) is 8.35. The zero-order valence-electron chi connectivity index (χ0n) is 13.1. The second-order valence-corrected chi connectivity index (χ2v) is 5.98. The van der Waals surface area contributed by atoms with Crippen molar-refractivity contribution < 1.29 is 4.79 Å². The minimum absolute atomic E-state index is 0.536. The average Bonchev–Trinajstić information content (AvgIpc) is 2.65. The quantitative estimate of drug-likeness (QED) is 0.242. The van der Waals surface area contributed by atoms with Gasteiger partial charge in [0.05, 0.1) is 11.4 Å². The van der Waals surface area contributed by atoms with Gasteiger partial charge in [-0.1, -0.05) is 72.3 Å². The highest BCUT2D eigenvalue weighted by atomic mass is 35.5. The van der Waals surface area contributed by atoms with Crippen molar-refractivity contribution in [2.75, 3.05) is 5.01 Å². The molecule has 0 aliphatic heterocycles. The number of anilines is 1. The van der Waals surface area contributed by atoms with E-state index in [0.717, 1.165) is 16.1 Å². The lowest BCUT2D eigenvalue weighted by Crippen LogP contribution is -2.22. The van der Waals surface area contributed by atoms with Gasteiger partial charge in [-0.15, -0.1) is 0 Å². The summed E-state index contributed by atoms with van der Waals surface area (Å²) in [6, 6.07) is 26.0. The molecule has 0 unspecified atom stereocenters. The van der Waals surface area contributed by atoms with Gasteiger partial charge in [0.1, 0.15) is 0 Å². The van der Waals surface area contributed by atoms with Crippen molar-refractivity contribution in [2.45, 2.75) is 0 Å². The van der Waals surface area contributed by atoms with Crippen LogP contribution in [0.25, 0.3) is 0 Å². The van der Waals surface area contributed by atoms with E-state index >= 15 is 0 Å². The van der Waals surface area contributed by atoms with Crippen molar-refractivity contribution >= 4 is 40.0 Å². The molecule has 0 fully saturated rings. The summed E-state index contributed by atoms with van der Waals surface area (Å²) in [5.41, 5.74) is 2.94. The molecule has 0 bridgehead atoms. The van der Waals surface area contributed by atoms with Crippen LogP contribution < -0.4 is 5.01 Å². The fourth-order valence-corrected chi connectivity index (χ4v) is 2.62. The molecule has 124 valence electrons. The number of nitrogens with zero attached hydrogens (tertiary/aromatic N) is 2. The SMILES string of the molecule is O=C(Cl)N(N=C(c1ccccc1)c1ccccc1)c1ccc(Cl)cc1. The molecule has 0 saturated carbocycles. The third-order valence-corrected chi connectivity index (χ3v) is 3.94. The molecule has 0 spiro atoms. The van der Waals surface area contributed by atoms with Crippen LogP contribution >= 0.6 is 23.2 Å². The molecule has 1 amide bonds. The van der Waals surface area contributed by atoms with Gasteiger partial charge >= 0.3 is 5.37 Å². The molecule has 3 aromatic carbocycles. The van der Waals surface area contributed by atoms with E-state index in [9.17, 15) is 4.79 Å². The first-order valence-electron chi connectivity index (χ1n) is 7.60. The highest BCUT2D eigenvalue weighted by molar-refractivity contribution is 6.66. The lowest BCUT2D eigenvalue weighted by molar-refractivity contribution is 0.264. The number of carbonyl (C=O) groups excluding carboxylic acids is 1. The van der Waals surface area contributed by atoms with Crippen LogP contribution in [0.5, 0.6) is 0 Å². The Labute approximate surface area is 156 Å². The molecule has 0 aromatic heterocycles. The van der Waals surface area contributed by atoms with E-state index in [0.29, 0.717) is 16.4 Å². The van der Waals surface area contributed by atoms with Gasteiger partial charge in [-0.25, -0.2) is 0 Å². The maximum Gasteiger partial charge on any atom is 0.341 e. The second-order valence-electron chi connectivity index (χ2n) is 5.22. The number of amides is 1. The Morgan fingerprint density at radius 2 is 1.24 bits per heavy atom. The Bertz CT molecular complexity index is 837. The number of hydrogen-bond donors (Lipinski definition) is 0. The zero-order valence-corrected chi connectivity index (χ0v) is 14.7. The monoisotopic (exact) mass is 368 g/mol. The summed E-state index contributed by atoms with van der Waals surface area (Å²) < 4.78 is 0. The minimum Gasteiger partial charge on any atom is -0.253 e. The van der Waals surface area contributed by atoms with Gasteiger partial charge in [0.2, 0.25) is 0 Å². The topological polar surface area (TPSA) is 32.7 Å². The summed E-state index contributed by atoms with van der Waals surface area (Å²) in [5.74, 6) is 0. The fourth-order valence-electron chi connectivity index (χ4n) is 2.36. The summed E-state index contributed by atoms with van der Waals surface area (Å²) in [6.45, 7) is 0. The molecule has 3 aromatic rings. The molecule has 3 rings (SSSR count). The van der Waals surface area contributed by atoms with Gasteiger partial charge in [-0.3, -0.25) is 4.79 Å². The normalized spacial score (nSPS) is 10.2. The zero-order chi connectivity index (χ0) is 17.6. The number of halogens is 2.